The Kier molecular flexibility index (Phi) is 5.36. The van der Waals surface area contributed by atoms with Gasteiger partial charge in [0.25, 0.3) is 0 Å². The molecule has 94 valence electrons. The lowest BCUT2D eigenvalue weighted by molar-refractivity contribution is -0.121. The summed E-state index contributed by atoms with van der Waals surface area (Å²) in [6, 6.07) is 6.26. The molecular weight excluding hydrogens is 210 g/mol. The zero-order chi connectivity index (χ0) is 12.8. The highest BCUT2D eigenvalue weighted by molar-refractivity contribution is 5.83. The molecule has 0 radical (unpaired) electrons. The summed E-state index contributed by atoms with van der Waals surface area (Å²) in [5.41, 5.74) is 3.66. The number of hydrogen-bond acceptors (Lipinski definition) is 2. The van der Waals surface area contributed by atoms with Gasteiger partial charge in [0.05, 0.1) is 0 Å². The molecule has 0 heterocycles. The molecule has 0 aromatic heterocycles. The monoisotopic (exact) mass is 233 g/mol. The number of carbonyl (C=O) groups excluding carboxylic acids is 1. The predicted molar refractivity (Wildman–Crippen MR) is 72.3 cm³/mol. The molecule has 1 rings (SSSR count). The van der Waals surface area contributed by atoms with Gasteiger partial charge in [-0.2, -0.15) is 0 Å². The topological polar surface area (TPSA) is 29.1 Å². The first kappa shape index (κ1) is 13.9. The van der Waals surface area contributed by atoms with Crippen LogP contribution in [0.25, 0.3) is 0 Å². The maximum Gasteiger partial charge on any atom is 0.141 e. The van der Waals surface area contributed by atoms with Crippen molar-refractivity contribution in [2.75, 3.05) is 13.1 Å². The van der Waals surface area contributed by atoms with E-state index in [0.717, 1.165) is 18.7 Å². The Morgan fingerprint density at radius 1 is 1.29 bits per heavy atom. The largest absolute Gasteiger partial charge is 0.316 e. The van der Waals surface area contributed by atoms with Crippen LogP contribution in [0.3, 0.4) is 0 Å². The quantitative estimate of drug-likeness (QED) is 0.818. The Morgan fingerprint density at radius 3 is 2.59 bits per heavy atom. The minimum atomic E-state index is 0.0940. The molecule has 1 unspecified atom stereocenters. The SMILES string of the molecule is CCNCC(C)C(=O)Cc1ccc(C)c(C)c1. The molecule has 0 aliphatic rings. The van der Waals surface area contributed by atoms with Gasteiger partial charge in [0, 0.05) is 18.9 Å². The minimum absolute atomic E-state index is 0.0940. The van der Waals surface area contributed by atoms with E-state index in [1.807, 2.05) is 6.92 Å². The van der Waals surface area contributed by atoms with E-state index >= 15 is 0 Å². The number of rotatable bonds is 6. The van der Waals surface area contributed by atoms with Crippen LogP contribution in [0.4, 0.5) is 0 Å². The van der Waals surface area contributed by atoms with Crippen LogP contribution >= 0.6 is 0 Å². The second-order valence-electron chi connectivity index (χ2n) is 4.77. The third-order valence-corrected chi connectivity index (χ3v) is 3.20. The molecule has 0 spiro atoms. The number of aryl methyl sites for hydroxylation is 2. The highest BCUT2D eigenvalue weighted by atomic mass is 16.1. The van der Waals surface area contributed by atoms with Gasteiger partial charge in [-0.25, -0.2) is 0 Å². The molecule has 0 aliphatic carbocycles. The van der Waals surface area contributed by atoms with Crippen LogP contribution in [0.2, 0.25) is 0 Å². The molecule has 0 aliphatic heterocycles. The average molecular weight is 233 g/mol. The number of ketones is 1. The van der Waals surface area contributed by atoms with Gasteiger partial charge in [-0.15, -0.1) is 0 Å². The summed E-state index contributed by atoms with van der Waals surface area (Å²) in [4.78, 5) is 12.0. The standard InChI is InChI=1S/C15H23NO/c1-5-16-10-13(4)15(17)9-14-7-6-11(2)12(3)8-14/h6-8,13,16H,5,9-10H2,1-4H3. The molecule has 0 saturated heterocycles. The highest BCUT2D eigenvalue weighted by Gasteiger charge is 2.12. The molecule has 1 N–H and O–H groups in total. The van der Waals surface area contributed by atoms with Gasteiger partial charge in [0.2, 0.25) is 0 Å². The lowest BCUT2D eigenvalue weighted by Crippen LogP contribution is -2.27. The lowest BCUT2D eigenvalue weighted by atomic mass is 9.97. The van der Waals surface area contributed by atoms with Gasteiger partial charge in [-0.3, -0.25) is 4.79 Å². The van der Waals surface area contributed by atoms with Crippen molar-refractivity contribution in [3.05, 3.63) is 34.9 Å². The van der Waals surface area contributed by atoms with E-state index < -0.39 is 0 Å². The molecule has 17 heavy (non-hydrogen) atoms. The number of nitrogens with one attached hydrogen (secondary N) is 1. The third-order valence-electron chi connectivity index (χ3n) is 3.20. The molecule has 2 nitrogen and oxygen atoms in total. The van der Waals surface area contributed by atoms with Gasteiger partial charge in [0.1, 0.15) is 5.78 Å². The first-order valence-corrected chi connectivity index (χ1v) is 6.34. The first-order chi connectivity index (χ1) is 8.04. The van der Waals surface area contributed by atoms with E-state index in [2.05, 4.69) is 44.3 Å². The van der Waals surface area contributed by atoms with Crippen LogP contribution in [0.1, 0.15) is 30.5 Å². The van der Waals surface area contributed by atoms with Crippen molar-refractivity contribution in [1.29, 1.82) is 0 Å². The summed E-state index contributed by atoms with van der Waals surface area (Å²) in [6.07, 6.45) is 0.549. The Morgan fingerprint density at radius 2 is 2.00 bits per heavy atom. The average Bonchev–Trinajstić information content (AvgIpc) is 2.30. The van der Waals surface area contributed by atoms with Gasteiger partial charge in [-0.1, -0.05) is 32.0 Å². The molecule has 2 heteroatoms. The van der Waals surface area contributed by atoms with E-state index in [4.69, 9.17) is 0 Å². The first-order valence-electron chi connectivity index (χ1n) is 6.34. The van der Waals surface area contributed by atoms with Crippen molar-refractivity contribution in [2.45, 2.75) is 34.1 Å². The summed E-state index contributed by atoms with van der Waals surface area (Å²) < 4.78 is 0. The van der Waals surface area contributed by atoms with Crippen molar-refractivity contribution in [1.82, 2.24) is 5.32 Å². The summed E-state index contributed by atoms with van der Waals surface area (Å²) >= 11 is 0. The fourth-order valence-corrected chi connectivity index (χ4v) is 1.76. The second-order valence-corrected chi connectivity index (χ2v) is 4.77. The number of benzene rings is 1. The molecule has 0 amide bonds. The molecule has 1 aromatic rings. The van der Waals surface area contributed by atoms with Gasteiger partial charge >= 0.3 is 0 Å². The minimum Gasteiger partial charge on any atom is -0.316 e. The van der Waals surface area contributed by atoms with E-state index in [0.29, 0.717) is 12.2 Å². The fraction of sp³-hybridized carbons (Fsp3) is 0.533. The Labute approximate surface area is 104 Å². The molecular formula is C15H23NO. The van der Waals surface area contributed by atoms with Crippen LogP contribution in [0, 0.1) is 19.8 Å². The van der Waals surface area contributed by atoms with E-state index in [-0.39, 0.29) is 5.92 Å². The summed E-state index contributed by atoms with van der Waals surface area (Å²) in [6.45, 7) is 9.92. The van der Waals surface area contributed by atoms with Crippen molar-refractivity contribution in [3.8, 4) is 0 Å². The molecule has 1 atom stereocenters. The zero-order valence-corrected chi connectivity index (χ0v) is 11.3. The maximum absolute atomic E-state index is 12.0. The molecule has 0 bridgehead atoms. The lowest BCUT2D eigenvalue weighted by Gasteiger charge is -2.11. The maximum atomic E-state index is 12.0. The summed E-state index contributed by atoms with van der Waals surface area (Å²) in [5, 5.41) is 3.21. The van der Waals surface area contributed by atoms with Gasteiger partial charge < -0.3 is 5.32 Å². The Hall–Kier alpha value is -1.15. The van der Waals surface area contributed by atoms with Crippen LogP contribution in [-0.2, 0) is 11.2 Å². The van der Waals surface area contributed by atoms with Crippen molar-refractivity contribution in [3.63, 3.8) is 0 Å². The zero-order valence-electron chi connectivity index (χ0n) is 11.3. The Balaban J connectivity index is 2.58. The van der Waals surface area contributed by atoms with Crippen LogP contribution in [0.5, 0.6) is 0 Å². The van der Waals surface area contributed by atoms with Crippen molar-refractivity contribution < 1.29 is 4.79 Å². The molecule has 0 fully saturated rings. The number of Topliss-reactive ketones (excluding diaryl/α,β-unsaturated/α-hetero) is 1. The van der Waals surface area contributed by atoms with Gasteiger partial charge in [-0.05, 0) is 37.1 Å². The third kappa shape index (κ3) is 4.31. The van der Waals surface area contributed by atoms with E-state index in [1.165, 1.54) is 11.1 Å². The number of carbonyl (C=O) groups is 1. The second kappa shape index (κ2) is 6.55. The summed E-state index contributed by atoms with van der Waals surface area (Å²) in [5.74, 6) is 0.408. The Bertz CT molecular complexity index is 385. The van der Waals surface area contributed by atoms with E-state index in [1.54, 1.807) is 0 Å². The van der Waals surface area contributed by atoms with Crippen LogP contribution in [0.15, 0.2) is 18.2 Å². The van der Waals surface area contributed by atoms with Crippen LogP contribution < -0.4 is 5.32 Å². The normalized spacial score (nSPS) is 12.5. The highest BCUT2D eigenvalue weighted by Crippen LogP contribution is 2.12. The molecule has 1 aromatic carbocycles. The number of hydrogen-bond donors (Lipinski definition) is 1. The van der Waals surface area contributed by atoms with Crippen molar-refractivity contribution in [2.24, 2.45) is 5.92 Å². The molecule has 0 saturated carbocycles. The fourth-order valence-electron chi connectivity index (χ4n) is 1.76. The summed E-state index contributed by atoms with van der Waals surface area (Å²) in [7, 11) is 0. The van der Waals surface area contributed by atoms with Crippen molar-refractivity contribution >= 4 is 5.78 Å². The van der Waals surface area contributed by atoms with Crippen LogP contribution in [-0.4, -0.2) is 18.9 Å². The predicted octanol–water partition coefficient (Wildman–Crippen LogP) is 2.66. The van der Waals surface area contributed by atoms with E-state index in [9.17, 15) is 4.79 Å². The van der Waals surface area contributed by atoms with Gasteiger partial charge in [0.15, 0.2) is 0 Å². The smallest absolute Gasteiger partial charge is 0.141 e.